The monoisotopic (exact) mass is 325 g/mol. The fourth-order valence-corrected chi connectivity index (χ4v) is 4.23. The van der Waals surface area contributed by atoms with E-state index in [2.05, 4.69) is 24.1 Å². The number of aromatic nitrogens is 1. The molecule has 0 radical (unpaired) electrons. The van der Waals surface area contributed by atoms with E-state index >= 15 is 0 Å². The molecule has 4 nitrogen and oxygen atoms in total. The van der Waals surface area contributed by atoms with Gasteiger partial charge in [-0.05, 0) is 50.1 Å². The molecule has 126 valence electrons. The second-order valence-corrected chi connectivity index (χ2v) is 6.80. The van der Waals surface area contributed by atoms with Gasteiger partial charge in [0.1, 0.15) is 0 Å². The first kappa shape index (κ1) is 13.2. The van der Waals surface area contributed by atoms with Gasteiger partial charge in [-0.1, -0.05) is 18.2 Å². The number of carbonyl (C=O) groups is 1. The van der Waals surface area contributed by atoms with Crippen LogP contribution < -0.4 is 0 Å². The molecule has 0 saturated carbocycles. The first-order chi connectivity index (χ1) is 12.5. The molecule has 0 fully saturated rings. The van der Waals surface area contributed by atoms with Crippen molar-refractivity contribution < 1.29 is 7.58 Å². The number of nitrogens with zero attached hydrogens (tertiary/aromatic N) is 2. The number of benzene rings is 1. The van der Waals surface area contributed by atoms with E-state index in [1.807, 2.05) is 30.9 Å². The van der Waals surface area contributed by atoms with Crippen LogP contribution in [0.4, 0.5) is 0 Å². The number of aromatic amines is 1. The van der Waals surface area contributed by atoms with E-state index in [-0.39, 0.29) is 24.0 Å². The lowest BCUT2D eigenvalue weighted by atomic mass is 9.79. The Morgan fingerprint density at radius 1 is 1.46 bits per heavy atom. The van der Waals surface area contributed by atoms with Crippen molar-refractivity contribution >= 4 is 22.4 Å². The van der Waals surface area contributed by atoms with Gasteiger partial charge in [0.2, 0.25) is 5.91 Å². The molecule has 0 bridgehead atoms. The number of rotatable bonds is 3. The Morgan fingerprint density at radius 3 is 3.00 bits per heavy atom. The third-order valence-corrected chi connectivity index (χ3v) is 5.51. The highest BCUT2D eigenvalue weighted by Crippen LogP contribution is 2.40. The Hall–Kier alpha value is -2.07. The minimum Gasteiger partial charge on any atom is -0.361 e. The van der Waals surface area contributed by atoms with Gasteiger partial charge in [-0.3, -0.25) is 9.69 Å². The number of fused-ring (bicyclic) bond motifs is 2. The van der Waals surface area contributed by atoms with E-state index < -0.39 is 0 Å². The van der Waals surface area contributed by atoms with Gasteiger partial charge >= 0.3 is 0 Å². The quantitative estimate of drug-likeness (QED) is 0.942. The Balaban J connectivity index is 1.86. The zero-order valence-corrected chi connectivity index (χ0v) is 14.5. The molecule has 2 atom stereocenters. The highest BCUT2D eigenvalue weighted by atomic mass is 16.2. The standard InChI is InChI=1S/C20H25N3O/c1-4-23(5-2)20(24)14-9-16-15-7-6-8-17-19(15)13(11-21-17)10-18(16)22(3)12-14/h6-9,11,14,18,21H,4-5,10,12H2,1-3H3/t14-,18-/m1/s1/i11D/hD. The van der Waals surface area contributed by atoms with Gasteiger partial charge in [0, 0.05) is 42.8 Å². The van der Waals surface area contributed by atoms with E-state index in [4.69, 9.17) is 2.78 Å². The fraction of sp³-hybridized carbons (Fsp3) is 0.450. The van der Waals surface area contributed by atoms with Crippen LogP contribution in [0.1, 0.15) is 26.3 Å². The van der Waals surface area contributed by atoms with Gasteiger partial charge < -0.3 is 9.88 Å². The molecule has 24 heavy (non-hydrogen) atoms. The predicted molar refractivity (Wildman–Crippen MR) is 97.8 cm³/mol. The molecule has 0 unspecified atom stereocenters. The Morgan fingerprint density at radius 2 is 2.25 bits per heavy atom. The maximum absolute atomic E-state index is 12.9. The molecule has 2 aliphatic rings. The van der Waals surface area contributed by atoms with Crippen LogP contribution in [0.25, 0.3) is 16.5 Å². The van der Waals surface area contributed by atoms with Gasteiger partial charge in [0.25, 0.3) is 0 Å². The van der Waals surface area contributed by atoms with E-state index in [0.717, 1.165) is 41.5 Å². The molecule has 2 heterocycles. The number of carbonyl (C=O) groups excluding carboxylic acids is 1. The van der Waals surface area contributed by atoms with E-state index in [1.165, 1.54) is 10.6 Å². The smallest absolute Gasteiger partial charge is 0.230 e. The molecular weight excluding hydrogens is 298 g/mol. The highest BCUT2D eigenvalue weighted by Gasteiger charge is 2.36. The molecule has 1 N–H and O–H groups in total. The molecule has 1 aliphatic heterocycles. The molecule has 0 saturated heterocycles. The van der Waals surface area contributed by atoms with E-state index in [0.29, 0.717) is 6.54 Å². The maximum Gasteiger partial charge on any atom is 0.230 e. The SMILES string of the molecule is [2H]c1c2c3c(cccc3n1[2H])C1=C[C@@H](C(=O)N(CC)CC)CN(C)[C@@H]1C2. The summed E-state index contributed by atoms with van der Waals surface area (Å²) in [7, 11) is 2.06. The van der Waals surface area contributed by atoms with Crippen LogP contribution in [0.2, 0.25) is 1.41 Å². The average Bonchev–Trinajstić information content (AvgIpc) is 2.89. The summed E-state index contributed by atoms with van der Waals surface area (Å²) in [6.07, 6.45) is 3.15. The van der Waals surface area contributed by atoms with Crippen molar-refractivity contribution in [2.45, 2.75) is 26.3 Å². The van der Waals surface area contributed by atoms with E-state index in [9.17, 15) is 4.79 Å². The van der Waals surface area contributed by atoms with Gasteiger partial charge in [-0.2, -0.15) is 0 Å². The van der Waals surface area contributed by atoms with Gasteiger partial charge in [-0.25, -0.2) is 0 Å². The molecule has 4 heteroatoms. The van der Waals surface area contributed by atoms with Crippen LogP contribution >= 0.6 is 0 Å². The highest BCUT2D eigenvalue weighted by molar-refractivity contribution is 5.99. The first-order valence-corrected chi connectivity index (χ1v) is 8.81. The zero-order chi connectivity index (χ0) is 18.6. The lowest BCUT2D eigenvalue weighted by Crippen LogP contribution is -2.47. The Bertz CT molecular complexity index is 913. The van der Waals surface area contributed by atoms with Crippen molar-refractivity contribution in [2.24, 2.45) is 5.92 Å². The third kappa shape index (κ3) is 2.20. The summed E-state index contributed by atoms with van der Waals surface area (Å²) in [5.41, 5.74) is 3.99. The van der Waals surface area contributed by atoms with Crippen molar-refractivity contribution in [3.8, 4) is 0 Å². The number of amides is 1. The summed E-state index contributed by atoms with van der Waals surface area (Å²) in [6.45, 7) is 6.19. The fourth-order valence-electron chi connectivity index (χ4n) is 4.23. The van der Waals surface area contributed by atoms with Crippen LogP contribution in [0.5, 0.6) is 0 Å². The molecule has 1 aromatic carbocycles. The minimum absolute atomic E-state index is 0.142. The third-order valence-electron chi connectivity index (χ3n) is 5.51. The molecule has 1 aromatic heterocycles. The molecular formula is C20H25N3O. The number of hydrogen-bond acceptors (Lipinski definition) is 2. The molecule has 0 spiro atoms. The van der Waals surface area contributed by atoms with Crippen LogP contribution in [-0.4, -0.2) is 53.4 Å². The van der Waals surface area contributed by atoms with Gasteiger partial charge in [0.05, 0.1) is 7.29 Å². The van der Waals surface area contributed by atoms with Crippen LogP contribution in [-0.2, 0) is 11.2 Å². The van der Waals surface area contributed by atoms with Crippen molar-refractivity contribution in [3.63, 3.8) is 0 Å². The first-order valence-electron chi connectivity index (χ1n) is 9.75. The summed E-state index contributed by atoms with van der Waals surface area (Å²) < 4.78 is 16.5. The second-order valence-electron chi connectivity index (χ2n) is 6.80. The van der Waals surface area contributed by atoms with E-state index in [1.54, 1.807) is 0 Å². The molecule has 4 rings (SSSR count). The van der Waals surface area contributed by atoms with Crippen molar-refractivity contribution in [2.75, 3.05) is 26.7 Å². The zero-order valence-electron chi connectivity index (χ0n) is 16.5. The lowest BCUT2D eigenvalue weighted by Gasteiger charge is -2.40. The maximum atomic E-state index is 12.9. The largest absolute Gasteiger partial charge is 0.361 e. The topological polar surface area (TPSA) is 39.3 Å². The molecule has 1 aliphatic carbocycles. The minimum atomic E-state index is -0.142. The second kappa shape index (κ2) is 5.78. The Kier molecular flexibility index (Phi) is 3.19. The van der Waals surface area contributed by atoms with Crippen LogP contribution in [0.3, 0.4) is 0 Å². The molecule has 2 aromatic rings. The average molecular weight is 325 g/mol. The Labute approximate surface area is 146 Å². The number of nitrogens with one attached hydrogen (secondary N) is 1. The normalized spacial score (nSPS) is 24.2. The number of likely N-dealkylation sites (N-methyl/N-ethyl adjacent to an activating group) is 1. The number of hydrogen-bond donors (Lipinski definition) is 1. The molecule has 1 amide bonds. The summed E-state index contributed by atoms with van der Waals surface area (Å²) in [4.78, 5) is 18.3. The van der Waals surface area contributed by atoms with Crippen LogP contribution in [0.15, 0.2) is 30.4 Å². The number of H-pyrrole nitrogens is 1. The van der Waals surface area contributed by atoms with Crippen molar-refractivity contribution in [1.82, 2.24) is 14.8 Å². The summed E-state index contributed by atoms with van der Waals surface area (Å²) in [6, 6.07) is 6.09. The van der Waals surface area contributed by atoms with Crippen molar-refractivity contribution in [3.05, 3.63) is 41.6 Å². The van der Waals surface area contributed by atoms with Gasteiger partial charge in [-0.15, -0.1) is 0 Å². The van der Waals surface area contributed by atoms with Crippen molar-refractivity contribution in [1.29, 1.82) is 0 Å². The van der Waals surface area contributed by atoms with Crippen LogP contribution in [0, 0.1) is 5.92 Å². The predicted octanol–water partition coefficient (Wildman–Crippen LogP) is 2.91. The van der Waals surface area contributed by atoms with Gasteiger partial charge in [0.15, 0.2) is 1.41 Å². The summed E-state index contributed by atoms with van der Waals surface area (Å²) in [5.74, 6) is 0.0431. The summed E-state index contributed by atoms with van der Waals surface area (Å²) >= 11 is 0. The summed E-state index contributed by atoms with van der Waals surface area (Å²) in [5, 5.41) is 1.01. The lowest BCUT2D eigenvalue weighted by molar-refractivity contribution is -0.134.